The van der Waals surface area contributed by atoms with E-state index < -0.39 is 9.84 Å². The van der Waals surface area contributed by atoms with Crippen molar-refractivity contribution in [3.05, 3.63) is 18.8 Å². The molecule has 0 bridgehead atoms. The molecule has 0 aliphatic carbocycles. The van der Waals surface area contributed by atoms with Crippen LogP contribution in [0.25, 0.3) is 0 Å². The number of nitrogens with zero attached hydrogens (tertiary/aromatic N) is 1. The average Bonchev–Trinajstić information content (AvgIpc) is 1.88. The number of aliphatic imine (C=N–C) groups is 1. The van der Waals surface area contributed by atoms with Crippen LogP contribution in [0.2, 0.25) is 0 Å². The van der Waals surface area contributed by atoms with Gasteiger partial charge < -0.3 is 5.32 Å². The van der Waals surface area contributed by atoms with E-state index in [-0.39, 0.29) is 5.17 Å². The Hall–Kier alpha value is -0.840. The van der Waals surface area contributed by atoms with Crippen molar-refractivity contribution < 1.29 is 8.42 Å². The van der Waals surface area contributed by atoms with Gasteiger partial charge in [-0.2, -0.15) is 0 Å². The summed E-state index contributed by atoms with van der Waals surface area (Å²) in [6.45, 7) is 1.52. The number of nitrogens with one attached hydrogen (secondary N) is 1. The van der Waals surface area contributed by atoms with Crippen LogP contribution in [0.4, 0.5) is 0 Å². The van der Waals surface area contributed by atoms with Crippen LogP contribution in [-0.4, -0.2) is 19.8 Å². The third-order valence-corrected chi connectivity index (χ3v) is 1.86. The standard InChI is InChI=1S/C5H7N2O2S/c1-10(8,9)5-6-3-2-4-7-5/h2-4H,1H3,(H,6,7). The highest BCUT2D eigenvalue weighted by atomic mass is 32.2. The van der Waals surface area contributed by atoms with Gasteiger partial charge in [0.1, 0.15) is 0 Å². The summed E-state index contributed by atoms with van der Waals surface area (Å²) in [5.74, 6) is 0. The molecule has 4 nitrogen and oxygen atoms in total. The van der Waals surface area contributed by atoms with Crippen LogP contribution in [0.15, 0.2) is 17.3 Å². The van der Waals surface area contributed by atoms with Gasteiger partial charge >= 0.3 is 0 Å². The molecule has 0 aromatic heterocycles. The molecule has 0 saturated heterocycles. The van der Waals surface area contributed by atoms with E-state index in [0.29, 0.717) is 0 Å². The van der Waals surface area contributed by atoms with Crippen molar-refractivity contribution in [2.75, 3.05) is 6.26 Å². The van der Waals surface area contributed by atoms with Crippen LogP contribution in [0, 0.1) is 6.54 Å². The molecule has 0 aromatic carbocycles. The second-order valence-corrected chi connectivity index (χ2v) is 3.79. The highest BCUT2D eigenvalue weighted by Crippen LogP contribution is 1.94. The molecule has 55 valence electrons. The van der Waals surface area contributed by atoms with E-state index in [4.69, 9.17) is 0 Å². The van der Waals surface area contributed by atoms with Crippen LogP contribution in [-0.2, 0) is 9.84 Å². The minimum atomic E-state index is -3.17. The molecule has 0 atom stereocenters. The molecule has 1 aliphatic heterocycles. The zero-order valence-corrected chi connectivity index (χ0v) is 6.22. The van der Waals surface area contributed by atoms with Crippen LogP contribution in [0.1, 0.15) is 0 Å². The maximum Gasteiger partial charge on any atom is 0.221 e. The molecule has 10 heavy (non-hydrogen) atoms. The Morgan fingerprint density at radius 1 is 1.60 bits per heavy atom. The van der Waals surface area contributed by atoms with E-state index in [0.717, 1.165) is 6.26 Å². The molecule has 0 spiro atoms. The topological polar surface area (TPSA) is 58.5 Å². The number of amidine groups is 1. The van der Waals surface area contributed by atoms with E-state index in [1.54, 1.807) is 6.08 Å². The Labute approximate surface area is 59.6 Å². The Morgan fingerprint density at radius 3 is 2.60 bits per heavy atom. The second-order valence-electron chi connectivity index (χ2n) is 1.86. The fourth-order valence-electron chi connectivity index (χ4n) is 0.513. The lowest BCUT2D eigenvalue weighted by Gasteiger charge is -2.06. The van der Waals surface area contributed by atoms with Gasteiger partial charge in [-0.05, 0) is 6.08 Å². The maximum atomic E-state index is 10.7. The first-order valence-electron chi connectivity index (χ1n) is 2.63. The Kier molecular flexibility index (Phi) is 1.76. The van der Waals surface area contributed by atoms with E-state index in [2.05, 4.69) is 10.3 Å². The van der Waals surface area contributed by atoms with Gasteiger partial charge in [-0.15, -0.1) is 0 Å². The first kappa shape index (κ1) is 7.27. The Balaban J connectivity index is 2.93. The number of hydrogen-bond donors (Lipinski definition) is 1. The summed E-state index contributed by atoms with van der Waals surface area (Å²) >= 11 is 0. The smallest absolute Gasteiger partial charge is 0.221 e. The lowest BCUT2D eigenvalue weighted by Crippen LogP contribution is -2.29. The Bertz CT molecular complexity index is 276. The molecule has 0 amide bonds. The summed E-state index contributed by atoms with van der Waals surface area (Å²) in [6.07, 6.45) is 4.15. The fraction of sp³-hybridized carbons (Fsp3) is 0.200. The summed E-state index contributed by atoms with van der Waals surface area (Å²) in [5, 5.41) is 2.50. The number of rotatable bonds is 0. The lowest BCUT2D eigenvalue weighted by molar-refractivity contribution is 0.611. The summed E-state index contributed by atoms with van der Waals surface area (Å²) in [4.78, 5) is 3.61. The lowest BCUT2D eigenvalue weighted by atomic mass is 10.6. The third kappa shape index (κ3) is 1.57. The van der Waals surface area contributed by atoms with Gasteiger partial charge in [0.25, 0.3) is 0 Å². The van der Waals surface area contributed by atoms with E-state index in [1.807, 2.05) is 0 Å². The van der Waals surface area contributed by atoms with Gasteiger partial charge in [-0.3, -0.25) is 0 Å². The molecule has 1 heterocycles. The monoisotopic (exact) mass is 159 g/mol. The van der Waals surface area contributed by atoms with Crippen molar-refractivity contribution in [1.29, 1.82) is 0 Å². The van der Waals surface area contributed by atoms with Gasteiger partial charge in [-0.25, -0.2) is 13.4 Å². The van der Waals surface area contributed by atoms with Gasteiger partial charge in [0, 0.05) is 12.5 Å². The molecule has 1 aliphatic rings. The molecule has 1 N–H and O–H groups in total. The van der Waals surface area contributed by atoms with E-state index in [9.17, 15) is 8.42 Å². The molecular formula is C5H7N2O2S. The first-order chi connectivity index (χ1) is 4.61. The Morgan fingerprint density at radius 2 is 2.30 bits per heavy atom. The number of hydrogen-bond acceptors (Lipinski definition) is 4. The molecule has 1 rings (SSSR count). The summed E-state index contributed by atoms with van der Waals surface area (Å²) in [7, 11) is -3.17. The van der Waals surface area contributed by atoms with Crippen molar-refractivity contribution in [3.8, 4) is 0 Å². The van der Waals surface area contributed by atoms with Crippen LogP contribution in [0.3, 0.4) is 0 Å². The SMILES string of the molecule is CS(=O)(=O)C1=NC=C[CH]N1. The second kappa shape index (κ2) is 2.42. The van der Waals surface area contributed by atoms with Gasteiger partial charge in [-0.1, -0.05) is 0 Å². The minimum Gasteiger partial charge on any atom is -0.352 e. The highest BCUT2D eigenvalue weighted by Gasteiger charge is 2.12. The van der Waals surface area contributed by atoms with Crippen molar-refractivity contribution in [3.63, 3.8) is 0 Å². The normalized spacial score (nSPS) is 17.9. The molecule has 5 heteroatoms. The summed E-state index contributed by atoms with van der Waals surface area (Å²) in [5.41, 5.74) is 0. The van der Waals surface area contributed by atoms with Gasteiger partial charge in [0.05, 0.1) is 6.54 Å². The highest BCUT2D eigenvalue weighted by molar-refractivity contribution is 8.05. The largest absolute Gasteiger partial charge is 0.352 e. The first-order valence-corrected chi connectivity index (χ1v) is 4.52. The van der Waals surface area contributed by atoms with Crippen LogP contribution in [0.5, 0.6) is 0 Å². The van der Waals surface area contributed by atoms with E-state index in [1.165, 1.54) is 12.7 Å². The van der Waals surface area contributed by atoms with Crippen molar-refractivity contribution in [2.24, 2.45) is 4.99 Å². The molecule has 0 unspecified atom stereocenters. The maximum absolute atomic E-state index is 10.7. The molecule has 0 aromatic rings. The minimum absolute atomic E-state index is 0.00463. The zero-order chi connectivity index (χ0) is 7.61. The van der Waals surface area contributed by atoms with Gasteiger partial charge in [0.15, 0.2) is 0 Å². The van der Waals surface area contributed by atoms with Crippen molar-refractivity contribution >= 4 is 15.0 Å². The molecular weight excluding hydrogens is 152 g/mol. The van der Waals surface area contributed by atoms with Gasteiger partial charge in [0.2, 0.25) is 15.0 Å². The van der Waals surface area contributed by atoms with E-state index >= 15 is 0 Å². The van der Waals surface area contributed by atoms with Crippen molar-refractivity contribution in [1.82, 2.24) is 5.32 Å². The zero-order valence-electron chi connectivity index (χ0n) is 5.40. The molecule has 0 fully saturated rings. The fourth-order valence-corrected chi connectivity index (χ4v) is 1.05. The summed E-state index contributed by atoms with van der Waals surface area (Å²) in [6, 6.07) is 0. The predicted octanol–water partition coefficient (Wildman–Crippen LogP) is -0.334. The van der Waals surface area contributed by atoms with Crippen molar-refractivity contribution in [2.45, 2.75) is 0 Å². The third-order valence-electron chi connectivity index (χ3n) is 0.932. The summed E-state index contributed by atoms with van der Waals surface area (Å²) < 4.78 is 21.5. The number of sulfone groups is 1. The average molecular weight is 159 g/mol. The quantitative estimate of drug-likeness (QED) is 0.526. The van der Waals surface area contributed by atoms with Crippen LogP contribution < -0.4 is 5.32 Å². The predicted molar refractivity (Wildman–Crippen MR) is 38.9 cm³/mol. The molecule has 1 radical (unpaired) electrons. The van der Waals surface area contributed by atoms with Crippen LogP contribution >= 0.6 is 0 Å². The molecule has 0 saturated carbocycles.